The van der Waals surface area contributed by atoms with Crippen molar-refractivity contribution in [2.45, 2.75) is 26.4 Å². The Kier molecular flexibility index (Phi) is 8.90. The maximum atomic E-state index is 5.35. The van der Waals surface area contributed by atoms with Crippen LogP contribution < -0.4 is 10.6 Å². The summed E-state index contributed by atoms with van der Waals surface area (Å²) < 4.78 is 7.40. The van der Waals surface area contributed by atoms with Crippen LogP contribution in [0.5, 0.6) is 0 Å². The Morgan fingerprint density at radius 2 is 1.96 bits per heavy atom. The number of aliphatic imine (C=N–C) groups is 1. The van der Waals surface area contributed by atoms with Gasteiger partial charge in [-0.2, -0.15) is 0 Å². The lowest BCUT2D eigenvalue weighted by molar-refractivity contribution is 0.507. The van der Waals surface area contributed by atoms with Gasteiger partial charge < -0.3 is 19.6 Å². The first-order valence-corrected chi connectivity index (χ1v) is 8.91. The topological polar surface area (TPSA) is 67.4 Å². The Balaban J connectivity index is 0.00000261. The van der Waals surface area contributed by atoms with Gasteiger partial charge in [0.2, 0.25) is 0 Å². The number of hydrogen-bond donors (Lipinski definition) is 2. The molecule has 144 valence electrons. The first-order chi connectivity index (χ1) is 12.8. The first-order valence-electron chi connectivity index (χ1n) is 8.91. The van der Waals surface area contributed by atoms with Crippen LogP contribution in [0, 0.1) is 0 Å². The van der Waals surface area contributed by atoms with Crippen molar-refractivity contribution in [3.63, 3.8) is 0 Å². The molecule has 0 amide bonds. The van der Waals surface area contributed by atoms with Crippen molar-refractivity contribution in [2.24, 2.45) is 4.99 Å². The Morgan fingerprint density at radius 3 is 2.63 bits per heavy atom. The lowest BCUT2D eigenvalue weighted by Crippen LogP contribution is -2.38. The minimum absolute atomic E-state index is 0. The van der Waals surface area contributed by atoms with Crippen LogP contribution in [0.1, 0.15) is 23.8 Å². The van der Waals surface area contributed by atoms with Gasteiger partial charge in [-0.1, -0.05) is 24.3 Å². The molecule has 0 radical (unpaired) electrons. The van der Waals surface area contributed by atoms with Crippen LogP contribution in [-0.4, -0.2) is 28.6 Å². The highest BCUT2D eigenvalue weighted by molar-refractivity contribution is 14.0. The number of imidazole rings is 1. The predicted molar refractivity (Wildman–Crippen MR) is 118 cm³/mol. The molecule has 2 aromatic heterocycles. The maximum absolute atomic E-state index is 5.35. The smallest absolute Gasteiger partial charge is 0.191 e. The van der Waals surface area contributed by atoms with Crippen molar-refractivity contribution in [3.8, 4) is 0 Å². The van der Waals surface area contributed by atoms with Crippen LogP contribution in [0.4, 0.5) is 0 Å². The molecule has 3 aromatic rings. The molecule has 0 fully saturated rings. The number of nitrogens with one attached hydrogen (secondary N) is 2. The fourth-order valence-corrected chi connectivity index (χ4v) is 2.61. The molecule has 0 bridgehead atoms. The monoisotopic (exact) mass is 479 g/mol. The number of halogens is 1. The number of furan rings is 1. The van der Waals surface area contributed by atoms with Crippen LogP contribution in [0.25, 0.3) is 0 Å². The molecular formula is C20H26IN5O. The molecular weight excluding hydrogens is 453 g/mol. The molecule has 27 heavy (non-hydrogen) atoms. The zero-order valence-corrected chi connectivity index (χ0v) is 17.8. The normalized spacial score (nSPS) is 11.1. The molecule has 0 aliphatic heterocycles. The van der Waals surface area contributed by atoms with Gasteiger partial charge in [-0.15, -0.1) is 24.0 Å². The van der Waals surface area contributed by atoms with Gasteiger partial charge in [0.05, 0.1) is 19.1 Å². The van der Waals surface area contributed by atoms with Crippen molar-refractivity contribution >= 4 is 29.9 Å². The van der Waals surface area contributed by atoms with Gasteiger partial charge in [-0.25, -0.2) is 9.98 Å². The second kappa shape index (κ2) is 11.4. The number of nitrogens with zero attached hydrogens (tertiary/aromatic N) is 3. The highest BCUT2D eigenvalue weighted by Crippen LogP contribution is 2.07. The minimum atomic E-state index is 0. The van der Waals surface area contributed by atoms with E-state index < -0.39 is 0 Å². The van der Waals surface area contributed by atoms with E-state index in [0.717, 1.165) is 37.8 Å². The third-order valence-electron chi connectivity index (χ3n) is 3.96. The largest absolute Gasteiger partial charge is 0.469 e. The zero-order chi connectivity index (χ0) is 18.0. The van der Waals surface area contributed by atoms with Crippen LogP contribution >= 0.6 is 24.0 Å². The number of benzene rings is 1. The Bertz CT molecular complexity index is 782. The second-order valence-corrected chi connectivity index (χ2v) is 6.00. The van der Waals surface area contributed by atoms with Gasteiger partial charge >= 0.3 is 0 Å². The fourth-order valence-electron chi connectivity index (χ4n) is 2.61. The molecule has 2 heterocycles. The first kappa shape index (κ1) is 21.0. The highest BCUT2D eigenvalue weighted by Gasteiger charge is 2.00. The van der Waals surface area contributed by atoms with E-state index in [-0.39, 0.29) is 24.0 Å². The van der Waals surface area contributed by atoms with E-state index in [1.54, 1.807) is 12.5 Å². The number of rotatable bonds is 8. The third kappa shape index (κ3) is 7.09. The molecule has 0 saturated carbocycles. The molecule has 0 aliphatic rings. The minimum Gasteiger partial charge on any atom is -0.469 e. The molecule has 2 N–H and O–H groups in total. The molecule has 0 spiro atoms. The van der Waals surface area contributed by atoms with Crippen molar-refractivity contribution < 1.29 is 4.42 Å². The quantitative estimate of drug-likeness (QED) is 0.295. The average Bonchev–Trinajstić information content (AvgIpc) is 3.35. The van der Waals surface area contributed by atoms with Gasteiger partial charge in [0.15, 0.2) is 5.96 Å². The summed E-state index contributed by atoms with van der Waals surface area (Å²) in [6, 6.07) is 12.4. The lowest BCUT2D eigenvalue weighted by Gasteiger charge is -2.11. The van der Waals surface area contributed by atoms with E-state index in [0.29, 0.717) is 6.54 Å². The maximum Gasteiger partial charge on any atom is 0.191 e. The van der Waals surface area contributed by atoms with E-state index >= 15 is 0 Å². The van der Waals surface area contributed by atoms with E-state index in [4.69, 9.17) is 4.42 Å². The molecule has 7 heteroatoms. The lowest BCUT2D eigenvalue weighted by atomic mass is 10.1. The van der Waals surface area contributed by atoms with Gasteiger partial charge in [-0.3, -0.25) is 0 Å². The SMILES string of the molecule is CCNC(=NCc1ccc(Cn2ccnc2)cc1)NCCc1ccco1.I. The number of aromatic nitrogens is 2. The third-order valence-corrected chi connectivity index (χ3v) is 3.96. The summed E-state index contributed by atoms with van der Waals surface area (Å²) in [7, 11) is 0. The Morgan fingerprint density at radius 1 is 1.15 bits per heavy atom. The molecule has 3 rings (SSSR count). The second-order valence-electron chi connectivity index (χ2n) is 6.00. The summed E-state index contributed by atoms with van der Waals surface area (Å²) in [4.78, 5) is 8.72. The summed E-state index contributed by atoms with van der Waals surface area (Å²) in [6.07, 6.45) is 8.13. The standard InChI is InChI=1S/C20H25N5O.HI/c1-2-22-20(23-10-9-19-4-3-13-26-19)24-14-17-5-7-18(8-6-17)15-25-12-11-21-16-25;/h3-8,11-13,16H,2,9-10,14-15H2,1H3,(H2,22,23,24);1H. The van der Waals surface area contributed by atoms with Crippen LogP contribution in [0.2, 0.25) is 0 Å². The van der Waals surface area contributed by atoms with Gasteiger partial charge in [0, 0.05) is 38.4 Å². The van der Waals surface area contributed by atoms with Crippen molar-refractivity contribution in [3.05, 3.63) is 78.3 Å². The fraction of sp³-hybridized carbons (Fsp3) is 0.300. The summed E-state index contributed by atoms with van der Waals surface area (Å²) >= 11 is 0. The average molecular weight is 479 g/mol. The van der Waals surface area contributed by atoms with E-state index in [9.17, 15) is 0 Å². The van der Waals surface area contributed by atoms with E-state index in [1.165, 1.54) is 11.1 Å². The summed E-state index contributed by atoms with van der Waals surface area (Å²) in [5, 5.41) is 6.61. The van der Waals surface area contributed by atoms with Crippen LogP contribution in [0.3, 0.4) is 0 Å². The number of guanidine groups is 1. The van der Waals surface area contributed by atoms with Crippen molar-refractivity contribution in [1.29, 1.82) is 0 Å². The van der Waals surface area contributed by atoms with E-state index in [2.05, 4.69) is 56.4 Å². The summed E-state index contributed by atoms with van der Waals surface area (Å²) in [6.45, 7) is 5.15. The highest BCUT2D eigenvalue weighted by atomic mass is 127. The summed E-state index contributed by atoms with van der Waals surface area (Å²) in [5.74, 6) is 1.79. The Hall–Kier alpha value is -2.29. The predicted octanol–water partition coefficient (Wildman–Crippen LogP) is 3.44. The van der Waals surface area contributed by atoms with Crippen LogP contribution in [-0.2, 0) is 19.5 Å². The molecule has 1 aromatic carbocycles. The zero-order valence-electron chi connectivity index (χ0n) is 15.5. The molecule has 0 saturated heterocycles. The van der Waals surface area contributed by atoms with Crippen molar-refractivity contribution in [1.82, 2.24) is 20.2 Å². The molecule has 6 nitrogen and oxygen atoms in total. The Labute approximate surface area is 177 Å². The van der Waals surface area contributed by atoms with Gasteiger partial charge in [0.1, 0.15) is 5.76 Å². The molecule has 0 atom stereocenters. The van der Waals surface area contributed by atoms with Crippen LogP contribution in [0.15, 0.2) is 70.8 Å². The summed E-state index contributed by atoms with van der Waals surface area (Å²) in [5.41, 5.74) is 2.43. The van der Waals surface area contributed by atoms with Gasteiger partial charge in [-0.05, 0) is 30.2 Å². The molecule has 0 unspecified atom stereocenters. The van der Waals surface area contributed by atoms with Gasteiger partial charge in [0.25, 0.3) is 0 Å². The molecule has 0 aliphatic carbocycles. The van der Waals surface area contributed by atoms with Crippen molar-refractivity contribution in [2.75, 3.05) is 13.1 Å². The van der Waals surface area contributed by atoms with E-state index in [1.807, 2.05) is 24.7 Å². The number of hydrogen-bond acceptors (Lipinski definition) is 3.